The van der Waals surface area contributed by atoms with Crippen LogP contribution in [0, 0.1) is 0 Å². The first-order valence-electron chi connectivity index (χ1n) is 2.98. The van der Waals surface area contributed by atoms with Gasteiger partial charge in [-0.1, -0.05) is 0 Å². The third-order valence-corrected chi connectivity index (χ3v) is 2.16. The highest BCUT2D eigenvalue weighted by Gasteiger charge is 2.04. The van der Waals surface area contributed by atoms with E-state index >= 15 is 0 Å². The molecule has 0 amide bonds. The van der Waals surface area contributed by atoms with Gasteiger partial charge in [0.15, 0.2) is 0 Å². The van der Waals surface area contributed by atoms with Crippen LogP contribution in [0.25, 0.3) is 0 Å². The molecule has 11 heavy (non-hydrogen) atoms. The number of hydrogen-bond acceptors (Lipinski definition) is 3. The Bertz CT molecular complexity index is 275. The molecular formula is C7H7NOS2. The lowest BCUT2D eigenvalue weighted by Gasteiger charge is -2.00. The summed E-state index contributed by atoms with van der Waals surface area (Å²) < 4.78 is 0. The third-order valence-electron chi connectivity index (χ3n) is 1.19. The molecule has 0 aliphatic carbocycles. The van der Waals surface area contributed by atoms with E-state index in [0.717, 1.165) is 4.90 Å². The maximum atomic E-state index is 8.99. The summed E-state index contributed by atoms with van der Waals surface area (Å²) in [4.78, 5) is 4.84. The van der Waals surface area contributed by atoms with Crippen molar-refractivity contribution in [2.75, 3.05) is 6.26 Å². The molecule has 0 saturated carbocycles. The van der Waals surface area contributed by atoms with Gasteiger partial charge in [0.25, 0.3) is 0 Å². The Hall–Kier alpha value is -0.610. The summed E-state index contributed by atoms with van der Waals surface area (Å²) in [6.45, 7) is 0. The lowest BCUT2D eigenvalue weighted by molar-refractivity contribution is 0.566. The molecule has 0 aliphatic rings. The van der Waals surface area contributed by atoms with Gasteiger partial charge >= 0.3 is 0 Å². The average molecular weight is 185 g/mol. The van der Waals surface area contributed by atoms with E-state index in [-0.39, 0.29) is 5.05 Å². The van der Waals surface area contributed by atoms with Crippen LogP contribution in [0.1, 0.15) is 5.69 Å². The molecule has 0 fully saturated rings. The number of pyridine rings is 1. The summed E-state index contributed by atoms with van der Waals surface area (Å²) >= 11 is 6.11. The summed E-state index contributed by atoms with van der Waals surface area (Å²) in [5.41, 5.74) is 0.495. The van der Waals surface area contributed by atoms with Crippen molar-refractivity contribution in [3.8, 4) is 0 Å². The second-order valence-corrected chi connectivity index (χ2v) is 3.09. The standard InChI is InChI=1S/C7H7NOS2/c1-11-5-3-2-4-8-6(5)7(9)10/h2-4H,1H3,(H,9,10). The second kappa shape index (κ2) is 3.69. The maximum absolute atomic E-state index is 8.99. The molecule has 4 heteroatoms. The number of nitrogens with zero attached hydrogens (tertiary/aromatic N) is 1. The van der Waals surface area contributed by atoms with Crippen LogP contribution in [-0.4, -0.2) is 21.4 Å². The maximum Gasteiger partial charge on any atom is 0.208 e. The van der Waals surface area contributed by atoms with Gasteiger partial charge in [-0.3, -0.25) is 4.98 Å². The minimum atomic E-state index is -0.144. The van der Waals surface area contributed by atoms with Crippen LogP contribution in [0.4, 0.5) is 0 Å². The fraction of sp³-hybridized carbons (Fsp3) is 0.143. The molecule has 0 spiro atoms. The van der Waals surface area contributed by atoms with Crippen molar-refractivity contribution in [2.45, 2.75) is 4.90 Å². The van der Waals surface area contributed by atoms with Gasteiger partial charge in [0.1, 0.15) is 5.69 Å². The first-order valence-corrected chi connectivity index (χ1v) is 4.61. The predicted molar refractivity (Wildman–Crippen MR) is 50.3 cm³/mol. The Kier molecular flexibility index (Phi) is 2.84. The molecule has 0 atom stereocenters. The fourth-order valence-electron chi connectivity index (χ4n) is 0.716. The summed E-state index contributed by atoms with van der Waals surface area (Å²) in [6, 6.07) is 3.68. The zero-order chi connectivity index (χ0) is 8.27. The molecule has 0 unspecified atom stereocenters. The van der Waals surface area contributed by atoms with E-state index in [9.17, 15) is 0 Å². The van der Waals surface area contributed by atoms with E-state index in [1.165, 1.54) is 11.8 Å². The monoisotopic (exact) mass is 185 g/mol. The number of thiocarbonyl (C=S) groups is 1. The lowest BCUT2D eigenvalue weighted by Crippen LogP contribution is -1.99. The minimum absolute atomic E-state index is 0.144. The summed E-state index contributed by atoms with van der Waals surface area (Å²) in [5, 5.41) is 8.85. The van der Waals surface area contributed by atoms with E-state index in [2.05, 4.69) is 17.2 Å². The van der Waals surface area contributed by atoms with Gasteiger partial charge in [-0.2, -0.15) is 0 Å². The van der Waals surface area contributed by atoms with Crippen molar-refractivity contribution in [3.63, 3.8) is 0 Å². The zero-order valence-electron chi connectivity index (χ0n) is 5.94. The van der Waals surface area contributed by atoms with Crippen molar-refractivity contribution in [3.05, 3.63) is 24.0 Å². The largest absolute Gasteiger partial charge is 0.497 e. The molecule has 1 aromatic rings. The molecule has 1 N–H and O–H groups in total. The second-order valence-electron chi connectivity index (χ2n) is 1.86. The number of aliphatic hydroxyl groups is 1. The van der Waals surface area contributed by atoms with Crippen LogP contribution in [0.15, 0.2) is 23.2 Å². The van der Waals surface area contributed by atoms with Gasteiger partial charge in [-0.05, 0) is 30.6 Å². The van der Waals surface area contributed by atoms with Gasteiger partial charge < -0.3 is 5.11 Å². The van der Waals surface area contributed by atoms with E-state index in [4.69, 9.17) is 5.11 Å². The Balaban J connectivity index is 3.12. The SMILES string of the molecule is CSc1cccnc1C(O)=S. The Morgan fingerprint density at radius 3 is 2.91 bits per heavy atom. The minimum Gasteiger partial charge on any atom is -0.497 e. The zero-order valence-corrected chi connectivity index (χ0v) is 7.58. The normalized spacial score (nSPS) is 9.55. The molecule has 0 aromatic carbocycles. The first-order chi connectivity index (χ1) is 5.25. The van der Waals surface area contributed by atoms with Gasteiger partial charge in [0.2, 0.25) is 5.05 Å². The average Bonchev–Trinajstić information content (AvgIpc) is 2.04. The van der Waals surface area contributed by atoms with E-state index in [1.54, 1.807) is 6.20 Å². The van der Waals surface area contributed by atoms with Crippen LogP contribution in [0.3, 0.4) is 0 Å². The van der Waals surface area contributed by atoms with Crippen LogP contribution in [0.5, 0.6) is 0 Å². The van der Waals surface area contributed by atoms with Gasteiger partial charge in [-0.25, -0.2) is 0 Å². The topological polar surface area (TPSA) is 33.1 Å². The fourth-order valence-corrected chi connectivity index (χ4v) is 1.50. The summed E-state index contributed by atoms with van der Waals surface area (Å²) in [6.07, 6.45) is 3.52. The Morgan fingerprint density at radius 2 is 2.45 bits per heavy atom. The van der Waals surface area contributed by atoms with Crippen LogP contribution in [0.2, 0.25) is 0 Å². The lowest BCUT2D eigenvalue weighted by atomic mass is 10.4. The van der Waals surface area contributed by atoms with E-state index in [1.807, 2.05) is 18.4 Å². The number of hydrogen-bond donors (Lipinski definition) is 1. The van der Waals surface area contributed by atoms with Crippen LogP contribution < -0.4 is 0 Å². The smallest absolute Gasteiger partial charge is 0.208 e. The van der Waals surface area contributed by atoms with Crippen molar-refractivity contribution in [1.82, 2.24) is 4.98 Å². The molecule has 1 rings (SSSR count). The molecule has 58 valence electrons. The summed E-state index contributed by atoms with van der Waals surface area (Å²) in [5.74, 6) is 0. The third kappa shape index (κ3) is 1.91. The summed E-state index contributed by atoms with van der Waals surface area (Å²) in [7, 11) is 0. The number of rotatable bonds is 2. The number of thioether (sulfide) groups is 1. The van der Waals surface area contributed by atoms with Crippen LogP contribution in [-0.2, 0) is 0 Å². The van der Waals surface area contributed by atoms with Crippen molar-refractivity contribution in [1.29, 1.82) is 0 Å². The molecule has 0 saturated heterocycles. The molecule has 0 aliphatic heterocycles. The highest BCUT2D eigenvalue weighted by atomic mass is 32.2. The molecule has 0 radical (unpaired) electrons. The van der Waals surface area contributed by atoms with Crippen molar-refractivity contribution >= 4 is 29.0 Å². The highest BCUT2D eigenvalue weighted by Crippen LogP contribution is 2.17. The molecule has 0 bridgehead atoms. The Morgan fingerprint density at radius 1 is 1.73 bits per heavy atom. The first kappa shape index (κ1) is 8.49. The van der Waals surface area contributed by atoms with E-state index < -0.39 is 0 Å². The molecule has 1 heterocycles. The van der Waals surface area contributed by atoms with Crippen molar-refractivity contribution < 1.29 is 5.11 Å². The van der Waals surface area contributed by atoms with Crippen LogP contribution >= 0.6 is 24.0 Å². The quantitative estimate of drug-likeness (QED) is 0.564. The van der Waals surface area contributed by atoms with Gasteiger partial charge in [-0.15, -0.1) is 11.8 Å². The molecular weight excluding hydrogens is 178 g/mol. The number of aromatic nitrogens is 1. The van der Waals surface area contributed by atoms with Gasteiger partial charge in [0, 0.05) is 11.1 Å². The predicted octanol–water partition coefficient (Wildman–Crippen LogP) is 2.04. The highest BCUT2D eigenvalue weighted by molar-refractivity contribution is 7.98. The molecule has 2 nitrogen and oxygen atoms in total. The van der Waals surface area contributed by atoms with Gasteiger partial charge in [0.05, 0.1) is 0 Å². The molecule has 1 aromatic heterocycles. The Labute approximate surface area is 74.7 Å². The number of aliphatic hydroxyl groups excluding tert-OH is 1. The van der Waals surface area contributed by atoms with Crippen molar-refractivity contribution in [2.24, 2.45) is 0 Å². The van der Waals surface area contributed by atoms with E-state index in [0.29, 0.717) is 5.69 Å².